The molecule has 0 spiro atoms. The largest absolute Gasteiger partial charge is 0.504 e. The van der Waals surface area contributed by atoms with Gasteiger partial charge in [-0.15, -0.1) is 0 Å². The second-order valence-electron chi connectivity index (χ2n) is 4.76. The molecule has 1 aromatic rings. The summed E-state index contributed by atoms with van der Waals surface area (Å²) in [6, 6.07) is 1.84. The van der Waals surface area contributed by atoms with Crippen LogP contribution >= 0.6 is 15.9 Å². The maximum Gasteiger partial charge on any atom is 0.203 e. The van der Waals surface area contributed by atoms with E-state index in [9.17, 15) is 5.11 Å². The van der Waals surface area contributed by atoms with Crippen molar-refractivity contribution in [1.29, 1.82) is 0 Å². The van der Waals surface area contributed by atoms with Crippen molar-refractivity contribution in [2.24, 2.45) is 0 Å². The van der Waals surface area contributed by atoms with E-state index in [1.165, 1.54) is 7.11 Å². The van der Waals surface area contributed by atoms with Crippen molar-refractivity contribution in [2.75, 3.05) is 46.9 Å². The quantitative estimate of drug-likeness (QED) is 0.850. The highest BCUT2D eigenvalue weighted by molar-refractivity contribution is 9.10. The Kier molecular flexibility index (Phi) is 5.51. The summed E-state index contributed by atoms with van der Waals surface area (Å²) in [5.74, 6) is 1.09. The zero-order chi connectivity index (χ0) is 14.5. The first-order valence-corrected chi connectivity index (χ1v) is 7.52. The Morgan fingerprint density at radius 1 is 1.30 bits per heavy atom. The molecule has 0 radical (unpaired) electrons. The lowest BCUT2D eigenvalue weighted by molar-refractivity contribution is 0.242. The van der Waals surface area contributed by atoms with Gasteiger partial charge in [-0.2, -0.15) is 0 Å². The predicted molar refractivity (Wildman–Crippen MR) is 81.9 cm³/mol. The van der Waals surface area contributed by atoms with Crippen molar-refractivity contribution in [3.8, 4) is 17.2 Å². The molecule has 112 valence electrons. The molecule has 20 heavy (non-hydrogen) atoms. The van der Waals surface area contributed by atoms with Gasteiger partial charge in [0.15, 0.2) is 11.5 Å². The van der Waals surface area contributed by atoms with Crippen molar-refractivity contribution in [3.63, 3.8) is 0 Å². The fourth-order valence-corrected chi connectivity index (χ4v) is 3.02. The number of nitrogens with one attached hydrogen (secondary N) is 1. The molecular weight excluding hydrogens is 324 g/mol. The molecule has 0 bridgehead atoms. The first-order valence-electron chi connectivity index (χ1n) is 6.72. The van der Waals surface area contributed by atoms with Crippen molar-refractivity contribution in [1.82, 2.24) is 10.2 Å². The van der Waals surface area contributed by atoms with Crippen molar-refractivity contribution in [3.05, 3.63) is 16.1 Å². The molecule has 2 rings (SSSR count). The lowest BCUT2D eigenvalue weighted by Crippen LogP contribution is -2.44. The van der Waals surface area contributed by atoms with Gasteiger partial charge < -0.3 is 24.8 Å². The number of hydrogen-bond acceptors (Lipinski definition) is 5. The van der Waals surface area contributed by atoms with Gasteiger partial charge in [0.05, 0.1) is 14.2 Å². The third kappa shape index (κ3) is 3.37. The molecular formula is C14H21BrN2O3. The molecule has 1 heterocycles. The van der Waals surface area contributed by atoms with E-state index in [0.29, 0.717) is 11.5 Å². The van der Waals surface area contributed by atoms with Crippen LogP contribution in [0.1, 0.15) is 5.56 Å². The summed E-state index contributed by atoms with van der Waals surface area (Å²) in [6.45, 7) is 5.07. The summed E-state index contributed by atoms with van der Waals surface area (Å²) in [7, 11) is 3.09. The van der Waals surface area contributed by atoms with E-state index < -0.39 is 0 Å². The number of benzene rings is 1. The number of piperazine rings is 1. The lowest BCUT2D eigenvalue weighted by Gasteiger charge is -2.27. The van der Waals surface area contributed by atoms with Gasteiger partial charge >= 0.3 is 0 Å². The second kappa shape index (κ2) is 7.15. The van der Waals surface area contributed by atoms with Gasteiger partial charge in [0.2, 0.25) is 5.75 Å². The molecule has 0 aromatic heterocycles. The van der Waals surface area contributed by atoms with Crippen LogP contribution in [0.3, 0.4) is 0 Å². The highest BCUT2D eigenvalue weighted by Gasteiger charge is 2.19. The molecule has 6 heteroatoms. The van der Waals surface area contributed by atoms with Crippen LogP contribution in [0.25, 0.3) is 0 Å². The average molecular weight is 345 g/mol. The summed E-state index contributed by atoms with van der Waals surface area (Å²) >= 11 is 3.50. The van der Waals surface area contributed by atoms with Gasteiger partial charge in [0.25, 0.3) is 0 Å². The normalized spacial score (nSPS) is 16.1. The second-order valence-corrected chi connectivity index (χ2v) is 5.62. The third-order valence-corrected chi connectivity index (χ3v) is 4.29. The summed E-state index contributed by atoms with van der Waals surface area (Å²) in [5, 5.41) is 13.7. The molecule has 1 aliphatic rings. The molecule has 1 aliphatic heterocycles. The Hall–Kier alpha value is -0.980. The van der Waals surface area contributed by atoms with Gasteiger partial charge in [-0.05, 0) is 12.5 Å². The van der Waals surface area contributed by atoms with Crippen molar-refractivity contribution < 1.29 is 14.6 Å². The number of phenolic OH excluding ortho intramolecular Hbond substituents is 1. The van der Waals surface area contributed by atoms with E-state index in [1.807, 2.05) is 6.07 Å². The van der Waals surface area contributed by atoms with Crippen molar-refractivity contribution >= 4 is 15.9 Å². The summed E-state index contributed by atoms with van der Waals surface area (Å²) in [6.07, 6.45) is 0.771. The lowest BCUT2D eigenvalue weighted by atomic mass is 10.1. The highest BCUT2D eigenvalue weighted by atomic mass is 79.9. The van der Waals surface area contributed by atoms with Crippen LogP contribution in [-0.2, 0) is 6.42 Å². The Labute approximate surface area is 128 Å². The Morgan fingerprint density at radius 3 is 2.60 bits per heavy atom. The molecule has 0 saturated carbocycles. The van der Waals surface area contributed by atoms with E-state index in [2.05, 4.69) is 26.1 Å². The smallest absolute Gasteiger partial charge is 0.203 e. The van der Waals surface area contributed by atoms with E-state index >= 15 is 0 Å². The van der Waals surface area contributed by atoms with Gasteiger partial charge in [-0.1, -0.05) is 15.9 Å². The van der Waals surface area contributed by atoms with E-state index in [-0.39, 0.29) is 5.75 Å². The number of nitrogens with zero attached hydrogens (tertiary/aromatic N) is 1. The molecule has 2 N–H and O–H groups in total. The topological polar surface area (TPSA) is 54.0 Å². The Morgan fingerprint density at radius 2 is 2.00 bits per heavy atom. The summed E-state index contributed by atoms with van der Waals surface area (Å²) < 4.78 is 11.3. The minimum absolute atomic E-state index is 0.161. The van der Waals surface area contributed by atoms with E-state index in [0.717, 1.165) is 49.2 Å². The summed E-state index contributed by atoms with van der Waals surface area (Å²) in [5.41, 5.74) is 0.862. The molecule has 0 aliphatic carbocycles. The number of ether oxygens (including phenoxy) is 2. The highest BCUT2D eigenvalue weighted by Crippen LogP contribution is 2.43. The molecule has 0 unspecified atom stereocenters. The first-order chi connectivity index (χ1) is 9.67. The average Bonchev–Trinajstić information content (AvgIpc) is 2.47. The maximum atomic E-state index is 10.3. The number of hydrogen-bond donors (Lipinski definition) is 2. The molecule has 1 fully saturated rings. The van der Waals surface area contributed by atoms with Gasteiger partial charge in [-0.25, -0.2) is 0 Å². The van der Waals surface area contributed by atoms with Crippen LogP contribution < -0.4 is 14.8 Å². The van der Waals surface area contributed by atoms with Crippen LogP contribution in [0.15, 0.2) is 10.5 Å². The number of rotatable bonds is 5. The number of methoxy groups -OCH3 is 2. The first kappa shape index (κ1) is 15.4. The van der Waals surface area contributed by atoms with Crippen LogP contribution in [-0.4, -0.2) is 56.9 Å². The van der Waals surface area contributed by atoms with Crippen molar-refractivity contribution in [2.45, 2.75) is 6.42 Å². The molecule has 5 nitrogen and oxygen atoms in total. The van der Waals surface area contributed by atoms with Gasteiger partial charge in [-0.3, -0.25) is 0 Å². The fraction of sp³-hybridized carbons (Fsp3) is 0.571. The van der Waals surface area contributed by atoms with Crippen LogP contribution in [0.4, 0.5) is 0 Å². The number of phenols is 1. The number of halogens is 1. The standard InChI is InChI=1S/C14H21BrN2O3/c1-19-12-9-11(15)10(13(18)14(12)20-2)3-6-17-7-4-16-5-8-17/h9,16,18H,3-8H2,1-2H3. The van der Waals surface area contributed by atoms with Gasteiger partial charge in [0.1, 0.15) is 0 Å². The zero-order valence-corrected chi connectivity index (χ0v) is 13.5. The third-order valence-electron chi connectivity index (χ3n) is 3.58. The van der Waals surface area contributed by atoms with E-state index in [4.69, 9.17) is 9.47 Å². The van der Waals surface area contributed by atoms with Crippen LogP contribution in [0.2, 0.25) is 0 Å². The molecule has 1 aromatic carbocycles. The molecule has 1 saturated heterocycles. The molecule has 0 atom stereocenters. The fourth-order valence-electron chi connectivity index (χ4n) is 2.43. The number of aromatic hydroxyl groups is 1. The zero-order valence-electron chi connectivity index (χ0n) is 11.9. The monoisotopic (exact) mass is 344 g/mol. The SMILES string of the molecule is COc1cc(Br)c(CCN2CCNCC2)c(O)c1OC. The minimum Gasteiger partial charge on any atom is -0.504 e. The Balaban J connectivity index is 2.14. The maximum absolute atomic E-state index is 10.3. The van der Waals surface area contributed by atoms with Gasteiger partial charge in [0, 0.05) is 42.8 Å². The predicted octanol–water partition coefficient (Wildman–Crippen LogP) is 1.62. The molecule has 0 amide bonds. The van der Waals surface area contributed by atoms with E-state index in [1.54, 1.807) is 7.11 Å². The van der Waals surface area contributed by atoms with Crippen LogP contribution in [0, 0.1) is 0 Å². The Bertz CT molecular complexity index is 462. The minimum atomic E-state index is 0.161. The summed E-state index contributed by atoms with van der Waals surface area (Å²) in [4.78, 5) is 2.39. The van der Waals surface area contributed by atoms with Crippen LogP contribution in [0.5, 0.6) is 17.2 Å².